The molecule has 6 rings (SSSR count). The number of amides is 1. The van der Waals surface area contributed by atoms with Crippen molar-refractivity contribution in [2.24, 2.45) is 0 Å². The van der Waals surface area contributed by atoms with Gasteiger partial charge in [0.1, 0.15) is 6.17 Å². The van der Waals surface area contributed by atoms with Gasteiger partial charge in [-0.2, -0.15) is 5.10 Å². The van der Waals surface area contributed by atoms with Gasteiger partial charge in [-0.05, 0) is 29.8 Å². The Bertz CT molecular complexity index is 1300. The SMILES string of the molecule is O=C1c2ccccc2N[C@H](c2cnn(Cc3ccccc3)c2)N1c1ccc2c(c1)OCO2. The number of nitrogens with zero attached hydrogens (tertiary/aromatic N) is 3. The van der Waals surface area contributed by atoms with Gasteiger partial charge in [0, 0.05) is 23.5 Å². The molecule has 0 spiro atoms. The van der Waals surface area contributed by atoms with Crippen molar-refractivity contribution in [3.05, 3.63) is 102 Å². The number of nitrogens with one attached hydrogen (secondary N) is 1. The van der Waals surface area contributed by atoms with Crippen LogP contribution in [-0.2, 0) is 6.54 Å². The Morgan fingerprint density at radius 2 is 1.78 bits per heavy atom. The molecule has 7 heteroatoms. The first kappa shape index (κ1) is 18.5. The quantitative estimate of drug-likeness (QED) is 0.525. The number of hydrogen-bond donors (Lipinski definition) is 1. The summed E-state index contributed by atoms with van der Waals surface area (Å²) >= 11 is 0. The molecule has 32 heavy (non-hydrogen) atoms. The van der Waals surface area contributed by atoms with Gasteiger partial charge in [0.15, 0.2) is 11.5 Å². The van der Waals surface area contributed by atoms with Gasteiger partial charge in [0.05, 0.1) is 24.0 Å². The smallest absolute Gasteiger partial charge is 0.262 e. The highest BCUT2D eigenvalue weighted by Gasteiger charge is 2.35. The fraction of sp³-hybridized carbons (Fsp3) is 0.120. The number of fused-ring (bicyclic) bond motifs is 2. The van der Waals surface area contributed by atoms with E-state index in [1.165, 1.54) is 0 Å². The first-order valence-electron chi connectivity index (χ1n) is 10.4. The highest BCUT2D eigenvalue weighted by Crippen LogP contribution is 2.41. The molecule has 158 valence electrons. The van der Waals surface area contributed by atoms with Gasteiger partial charge in [0.25, 0.3) is 5.91 Å². The van der Waals surface area contributed by atoms with Crippen molar-refractivity contribution >= 4 is 17.3 Å². The van der Waals surface area contributed by atoms with Crippen molar-refractivity contribution in [1.82, 2.24) is 9.78 Å². The van der Waals surface area contributed by atoms with Gasteiger partial charge in [-0.3, -0.25) is 14.4 Å². The predicted octanol–water partition coefficient (Wildman–Crippen LogP) is 4.43. The standard InChI is InChI=1S/C25H20N4O3/c30-25-20-8-4-5-9-21(20)27-24(29(25)19-10-11-22-23(12-19)32-16-31-22)18-13-26-28(15-18)14-17-6-2-1-3-7-17/h1-13,15,24,27H,14,16H2/t24-/m0/s1. The lowest BCUT2D eigenvalue weighted by atomic mass is 10.0. The molecule has 0 saturated heterocycles. The molecule has 2 aliphatic heterocycles. The van der Waals surface area contributed by atoms with Gasteiger partial charge in [-0.25, -0.2) is 0 Å². The zero-order chi connectivity index (χ0) is 21.5. The molecule has 0 radical (unpaired) electrons. The third-order valence-electron chi connectivity index (χ3n) is 5.72. The van der Waals surface area contributed by atoms with E-state index in [-0.39, 0.29) is 12.7 Å². The molecular formula is C25H20N4O3. The zero-order valence-corrected chi connectivity index (χ0v) is 17.1. The van der Waals surface area contributed by atoms with Crippen LogP contribution in [0.3, 0.4) is 0 Å². The van der Waals surface area contributed by atoms with Crippen molar-refractivity contribution < 1.29 is 14.3 Å². The highest BCUT2D eigenvalue weighted by molar-refractivity contribution is 6.12. The van der Waals surface area contributed by atoms with Crippen LogP contribution in [0.1, 0.15) is 27.7 Å². The molecular weight excluding hydrogens is 404 g/mol. The van der Waals surface area contributed by atoms with Gasteiger partial charge in [-0.15, -0.1) is 0 Å². The van der Waals surface area contributed by atoms with E-state index < -0.39 is 6.17 Å². The number of anilines is 2. The Hall–Kier alpha value is -4.26. The van der Waals surface area contributed by atoms with Crippen molar-refractivity contribution in [3.63, 3.8) is 0 Å². The first-order chi connectivity index (χ1) is 15.8. The highest BCUT2D eigenvalue weighted by atomic mass is 16.7. The van der Waals surface area contributed by atoms with E-state index in [0.29, 0.717) is 23.6 Å². The predicted molar refractivity (Wildman–Crippen MR) is 120 cm³/mol. The summed E-state index contributed by atoms with van der Waals surface area (Å²) in [6.45, 7) is 0.839. The molecule has 3 aromatic carbocycles. The van der Waals surface area contributed by atoms with Crippen LogP contribution in [0.2, 0.25) is 0 Å². The third-order valence-corrected chi connectivity index (χ3v) is 5.72. The molecule has 7 nitrogen and oxygen atoms in total. The second-order valence-electron chi connectivity index (χ2n) is 7.76. The van der Waals surface area contributed by atoms with Gasteiger partial charge < -0.3 is 14.8 Å². The summed E-state index contributed by atoms with van der Waals surface area (Å²) in [7, 11) is 0. The minimum atomic E-state index is -0.415. The normalized spacial score (nSPS) is 16.6. The number of aromatic nitrogens is 2. The lowest BCUT2D eigenvalue weighted by Crippen LogP contribution is -2.43. The summed E-state index contributed by atoms with van der Waals surface area (Å²) in [5.74, 6) is 1.23. The summed E-state index contributed by atoms with van der Waals surface area (Å²) in [6.07, 6.45) is 3.37. The van der Waals surface area contributed by atoms with Crippen LogP contribution in [0.25, 0.3) is 0 Å². The van der Waals surface area contributed by atoms with Crippen molar-refractivity contribution in [3.8, 4) is 11.5 Å². The topological polar surface area (TPSA) is 68.6 Å². The van der Waals surface area contributed by atoms with Crippen LogP contribution in [0.4, 0.5) is 11.4 Å². The second kappa shape index (κ2) is 7.46. The molecule has 0 aliphatic carbocycles. The van der Waals surface area contributed by atoms with Gasteiger partial charge in [0.2, 0.25) is 6.79 Å². The minimum Gasteiger partial charge on any atom is -0.454 e. The second-order valence-corrected chi connectivity index (χ2v) is 7.76. The maximum absolute atomic E-state index is 13.6. The molecule has 1 aromatic heterocycles. The third kappa shape index (κ3) is 3.15. The Balaban J connectivity index is 1.39. The average Bonchev–Trinajstić information content (AvgIpc) is 3.49. The molecule has 1 amide bonds. The van der Waals surface area contributed by atoms with E-state index in [4.69, 9.17) is 9.47 Å². The zero-order valence-electron chi connectivity index (χ0n) is 17.1. The summed E-state index contributed by atoms with van der Waals surface area (Å²) in [4.78, 5) is 15.3. The van der Waals surface area contributed by atoms with E-state index in [9.17, 15) is 4.79 Å². The first-order valence-corrected chi connectivity index (χ1v) is 10.4. The number of carbonyl (C=O) groups is 1. The van der Waals surface area contributed by atoms with Crippen molar-refractivity contribution in [2.45, 2.75) is 12.7 Å². The lowest BCUT2D eigenvalue weighted by molar-refractivity contribution is 0.0975. The number of rotatable bonds is 4. The molecule has 3 heterocycles. The molecule has 0 saturated carbocycles. The molecule has 4 aromatic rings. The maximum Gasteiger partial charge on any atom is 0.262 e. The molecule has 1 N–H and O–H groups in total. The Labute approximate surface area is 184 Å². The number of para-hydroxylation sites is 1. The van der Waals surface area contributed by atoms with Gasteiger partial charge >= 0.3 is 0 Å². The van der Waals surface area contributed by atoms with Crippen LogP contribution >= 0.6 is 0 Å². The molecule has 0 fully saturated rings. The largest absolute Gasteiger partial charge is 0.454 e. The Morgan fingerprint density at radius 3 is 2.69 bits per heavy atom. The molecule has 0 bridgehead atoms. The molecule has 0 unspecified atom stereocenters. The summed E-state index contributed by atoms with van der Waals surface area (Å²) in [5, 5.41) is 8.06. The average molecular weight is 424 g/mol. The maximum atomic E-state index is 13.6. The van der Waals surface area contributed by atoms with Gasteiger partial charge in [-0.1, -0.05) is 42.5 Å². The number of ether oxygens (including phenoxy) is 2. The Morgan fingerprint density at radius 1 is 0.969 bits per heavy atom. The fourth-order valence-corrected chi connectivity index (χ4v) is 4.17. The summed E-state index contributed by atoms with van der Waals surface area (Å²) < 4.78 is 12.9. The van der Waals surface area contributed by atoms with Crippen molar-refractivity contribution in [1.29, 1.82) is 0 Å². The van der Waals surface area contributed by atoms with E-state index in [1.807, 2.05) is 77.7 Å². The molecule has 2 aliphatic rings. The Kier molecular flexibility index (Phi) is 4.31. The number of benzene rings is 3. The van der Waals surface area contributed by atoms with E-state index in [1.54, 1.807) is 4.90 Å². The van der Waals surface area contributed by atoms with Crippen LogP contribution in [0.5, 0.6) is 11.5 Å². The van der Waals surface area contributed by atoms with E-state index in [0.717, 1.165) is 22.5 Å². The van der Waals surface area contributed by atoms with Crippen LogP contribution in [0, 0.1) is 0 Å². The lowest BCUT2D eigenvalue weighted by Gasteiger charge is -2.37. The van der Waals surface area contributed by atoms with Crippen LogP contribution < -0.4 is 19.7 Å². The van der Waals surface area contributed by atoms with E-state index >= 15 is 0 Å². The fourth-order valence-electron chi connectivity index (χ4n) is 4.17. The summed E-state index contributed by atoms with van der Waals surface area (Å²) in [5.41, 5.74) is 4.20. The summed E-state index contributed by atoms with van der Waals surface area (Å²) in [6, 6.07) is 23.3. The number of hydrogen-bond acceptors (Lipinski definition) is 5. The monoisotopic (exact) mass is 424 g/mol. The van der Waals surface area contributed by atoms with Crippen LogP contribution in [-0.4, -0.2) is 22.5 Å². The number of carbonyl (C=O) groups excluding carboxylic acids is 1. The van der Waals surface area contributed by atoms with Crippen molar-refractivity contribution in [2.75, 3.05) is 17.0 Å². The van der Waals surface area contributed by atoms with Crippen LogP contribution in [0.15, 0.2) is 85.2 Å². The van der Waals surface area contributed by atoms with E-state index in [2.05, 4.69) is 22.5 Å². The molecule has 1 atom stereocenters. The minimum absolute atomic E-state index is 0.0842.